The number of piperidine rings is 1. The highest BCUT2D eigenvalue weighted by Crippen LogP contribution is 2.38. The van der Waals surface area contributed by atoms with Crippen LogP contribution in [0.5, 0.6) is 0 Å². The molecule has 3 aromatic heterocycles. The van der Waals surface area contributed by atoms with E-state index >= 15 is 4.39 Å². The number of nitrogens with zero attached hydrogens (tertiary/aromatic N) is 5. The monoisotopic (exact) mass is 583 g/mol. The van der Waals surface area contributed by atoms with Crippen molar-refractivity contribution in [2.45, 2.75) is 25.7 Å². The van der Waals surface area contributed by atoms with E-state index in [0.29, 0.717) is 29.9 Å². The number of benzene rings is 2. The molecule has 0 spiro atoms. The van der Waals surface area contributed by atoms with Crippen LogP contribution in [0.1, 0.15) is 41.7 Å². The fourth-order valence-corrected chi connectivity index (χ4v) is 5.80. The zero-order chi connectivity index (χ0) is 30.4. The lowest BCUT2D eigenvalue weighted by Gasteiger charge is -2.31. The predicted molar refractivity (Wildman–Crippen MR) is 157 cm³/mol. The summed E-state index contributed by atoms with van der Waals surface area (Å²) in [5.41, 5.74) is 13.6. The molecule has 6 rings (SSSR count). The van der Waals surface area contributed by atoms with E-state index in [0.717, 1.165) is 18.5 Å². The van der Waals surface area contributed by atoms with Gasteiger partial charge in [0.15, 0.2) is 5.82 Å². The van der Waals surface area contributed by atoms with Gasteiger partial charge in [-0.3, -0.25) is 19.0 Å². The van der Waals surface area contributed by atoms with Crippen molar-refractivity contribution in [1.29, 1.82) is 0 Å². The van der Waals surface area contributed by atoms with Crippen LogP contribution in [0.15, 0.2) is 71.9 Å². The third-order valence-electron chi connectivity index (χ3n) is 7.98. The van der Waals surface area contributed by atoms with Gasteiger partial charge in [0, 0.05) is 60.2 Å². The first-order valence-corrected chi connectivity index (χ1v) is 13.6. The highest BCUT2D eigenvalue weighted by atomic mass is 19.1. The highest BCUT2D eigenvalue weighted by Gasteiger charge is 2.28. The smallest absolute Gasteiger partial charge is 0.268 e. The van der Waals surface area contributed by atoms with E-state index in [1.54, 1.807) is 28.5 Å². The Balaban J connectivity index is 1.42. The Bertz CT molecular complexity index is 1960. The Morgan fingerprint density at radius 1 is 0.953 bits per heavy atom. The second kappa shape index (κ2) is 10.8. The number of likely N-dealkylation sites (tertiary alicyclic amines) is 1. The van der Waals surface area contributed by atoms with E-state index in [9.17, 15) is 18.8 Å². The number of nitrogen functional groups attached to an aromatic ring is 1. The van der Waals surface area contributed by atoms with E-state index in [2.05, 4.69) is 10.1 Å². The molecule has 0 radical (unpaired) electrons. The topological polar surface area (TPSA) is 142 Å². The largest absolute Gasteiger partial charge is 0.382 e. The maximum atomic E-state index is 15.9. The normalized spacial score (nSPS) is 13.9. The summed E-state index contributed by atoms with van der Waals surface area (Å²) in [4.78, 5) is 43.4. The Hall–Kier alpha value is -5.39. The predicted octanol–water partition coefficient (Wildman–Crippen LogP) is 3.90. The van der Waals surface area contributed by atoms with Crippen molar-refractivity contribution in [2.24, 2.45) is 5.73 Å². The number of aromatic nitrogens is 4. The molecule has 43 heavy (non-hydrogen) atoms. The van der Waals surface area contributed by atoms with E-state index in [-0.39, 0.29) is 39.9 Å². The number of pyridine rings is 1. The maximum absolute atomic E-state index is 15.9. The van der Waals surface area contributed by atoms with Crippen LogP contribution in [0.2, 0.25) is 0 Å². The van der Waals surface area contributed by atoms with Gasteiger partial charge in [-0.15, -0.1) is 0 Å². The van der Waals surface area contributed by atoms with E-state index in [1.165, 1.54) is 53.5 Å². The number of anilines is 1. The number of hydrogen-bond donors (Lipinski definition) is 2. The molecule has 2 aromatic carbocycles. The van der Waals surface area contributed by atoms with Crippen LogP contribution in [0.3, 0.4) is 0 Å². The van der Waals surface area contributed by atoms with Gasteiger partial charge in [-0.2, -0.15) is 5.10 Å². The van der Waals surface area contributed by atoms with Gasteiger partial charge >= 0.3 is 0 Å². The number of hydrogen-bond acceptors (Lipinski definition) is 6. The summed E-state index contributed by atoms with van der Waals surface area (Å²) in [5, 5.41) is 4.40. The SMILES string of the molecule is CC(=O)N1CCC(c2cc(-c3ccc(-c4ccn(-c5ccc(F)cc5)c(=O)c4C(N)=O)cc3F)c3c(N)ncnn23)CC1. The first-order valence-electron chi connectivity index (χ1n) is 13.6. The molecule has 12 heteroatoms. The van der Waals surface area contributed by atoms with Crippen LogP contribution >= 0.6 is 0 Å². The molecule has 1 saturated heterocycles. The third-order valence-corrected chi connectivity index (χ3v) is 7.98. The molecule has 1 aliphatic rings. The number of carbonyl (C=O) groups excluding carboxylic acids is 2. The van der Waals surface area contributed by atoms with Crippen molar-refractivity contribution in [1.82, 2.24) is 24.1 Å². The minimum atomic E-state index is -0.982. The molecular formula is C31H27F2N7O3. The van der Waals surface area contributed by atoms with Crippen molar-refractivity contribution in [3.05, 3.63) is 100 Å². The van der Waals surface area contributed by atoms with Gasteiger partial charge in [-0.05, 0) is 60.9 Å². The summed E-state index contributed by atoms with van der Waals surface area (Å²) < 4.78 is 32.2. The molecule has 0 aliphatic carbocycles. The third kappa shape index (κ3) is 4.90. The molecule has 4 heterocycles. The molecule has 0 unspecified atom stereocenters. The lowest BCUT2D eigenvalue weighted by atomic mass is 9.92. The minimum absolute atomic E-state index is 0.0279. The summed E-state index contributed by atoms with van der Waals surface area (Å²) in [6.45, 7) is 2.76. The average molecular weight is 584 g/mol. The Morgan fingerprint density at radius 3 is 2.33 bits per heavy atom. The molecule has 10 nitrogen and oxygen atoms in total. The fourth-order valence-electron chi connectivity index (χ4n) is 5.80. The maximum Gasteiger partial charge on any atom is 0.268 e. The van der Waals surface area contributed by atoms with Crippen LogP contribution in [-0.4, -0.2) is 49.0 Å². The quantitative estimate of drug-likeness (QED) is 0.322. The fraction of sp³-hybridized carbons (Fsp3) is 0.194. The number of fused-ring (bicyclic) bond motifs is 1. The van der Waals surface area contributed by atoms with Crippen molar-refractivity contribution in [3.8, 4) is 27.9 Å². The molecule has 0 saturated carbocycles. The van der Waals surface area contributed by atoms with Crippen molar-refractivity contribution < 1.29 is 18.4 Å². The van der Waals surface area contributed by atoms with Gasteiger partial charge in [0.2, 0.25) is 5.91 Å². The molecule has 0 atom stereocenters. The number of halogens is 2. The molecule has 1 fully saturated rings. The molecule has 1 aliphatic heterocycles. The second-order valence-corrected chi connectivity index (χ2v) is 10.5. The zero-order valence-electron chi connectivity index (χ0n) is 23.1. The average Bonchev–Trinajstić information content (AvgIpc) is 3.38. The van der Waals surface area contributed by atoms with Crippen molar-refractivity contribution in [3.63, 3.8) is 0 Å². The number of carbonyl (C=O) groups is 2. The van der Waals surface area contributed by atoms with Gasteiger partial charge in [0.25, 0.3) is 11.5 Å². The van der Waals surface area contributed by atoms with Gasteiger partial charge in [0.1, 0.15) is 29.0 Å². The molecule has 5 aromatic rings. The van der Waals surface area contributed by atoms with Gasteiger partial charge in [-0.25, -0.2) is 18.3 Å². The van der Waals surface area contributed by atoms with Crippen LogP contribution < -0.4 is 17.0 Å². The van der Waals surface area contributed by atoms with Crippen LogP contribution in [0.25, 0.3) is 33.5 Å². The van der Waals surface area contributed by atoms with E-state index < -0.39 is 23.1 Å². The standard InChI is InChI=1S/C31H27F2N7O3/c1-17(41)38-11-8-18(9-12-38)26-15-24(28-29(34)36-16-37-40(26)28)23-7-2-19(14-25(23)33)22-10-13-39(31(43)27(22)30(35)42)21-5-3-20(32)4-6-21/h2-7,10,13-16,18H,8-9,11-12H2,1H3,(H2,35,42)(H2,34,36,37). The van der Waals surface area contributed by atoms with Gasteiger partial charge in [-0.1, -0.05) is 12.1 Å². The Morgan fingerprint density at radius 2 is 1.67 bits per heavy atom. The van der Waals surface area contributed by atoms with E-state index in [4.69, 9.17) is 11.5 Å². The van der Waals surface area contributed by atoms with Crippen molar-refractivity contribution in [2.75, 3.05) is 18.8 Å². The minimum Gasteiger partial charge on any atom is -0.382 e. The summed E-state index contributed by atoms with van der Waals surface area (Å²) >= 11 is 0. The molecule has 4 N–H and O–H groups in total. The second-order valence-electron chi connectivity index (χ2n) is 10.5. The molecule has 218 valence electrons. The summed E-state index contributed by atoms with van der Waals surface area (Å²) in [6, 6.07) is 12.9. The number of nitrogens with two attached hydrogens (primary N) is 2. The molecule has 0 bridgehead atoms. The summed E-state index contributed by atoms with van der Waals surface area (Å²) in [7, 11) is 0. The first kappa shape index (κ1) is 27.8. The van der Waals surface area contributed by atoms with Crippen LogP contribution in [0.4, 0.5) is 14.6 Å². The van der Waals surface area contributed by atoms with E-state index in [1.807, 2.05) is 6.07 Å². The van der Waals surface area contributed by atoms with Crippen LogP contribution in [0, 0.1) is 11.6 Å². The van der Waals surface area contributed by atoms with Crippen molar-refractivity contribution >= 4 is 23.1 Å². The van der Waals surface area contributed by atoms with Gasteiger partial charge in [0.05, 0.1) is 0 Å². The lowest BCUT2D eigenvalue weighted by molar-refractivity contribution is -0.129. The molecular weight excluding hydrogens is 556 g/mol. The highest BCUT2D eigenvalue weighted by molar-refractivity contribution is 6.00. The van der Waals surface area contributed by atoms with Crippen LogP contribution in [-0.2, 0) is 4.79 Å². The lowest BCUT2D eigenvalue weighted by Crippen LogP contribution is -2.36. The number of amides is 2. The number of rotatable bonds is 5. The Kier molecular flexibility index (Phi) is 6.96. The summed E-state index contributed by atoms with van der Waals surface area (Å²) in [6.07, 6.45) is 4.21. The molecule has 2 amide bonds. The zero-order valence-corrected chi connectivity index (χ0v) is 23.1. The summed E-state index contributed by atoms with van der Waals surface area (Å²) in [5.74, 6) is -1.80. The number of primary amides is 1. The Labute approximate surface area is 244 Å². The first-order chi connectivity index (χ1) is 20.6. The van der Waals surface area contributed by atoms with Gasteiger partial charge < -0.3 is 16.4 Å².